The largest absolute Gasteiger partial charge is 0.481 e. The maximum Gasteiger partial charge on any atom is 0.304 e. The van der Waals surface area contributed by atoms with E-state index in [0.29, 0.717) is 0 Å². The number of thioether (sulfide) groups is 1. The smallest absolute Gasteiger partial charge is 0.304 e. The van der Waals surface area contributed by atoms with Crippen LogP contribution >= 0.6 is 27.7 Å². The summed E-state index contributed by atoms with van der Waals surface area (Å²) < 4.78 is 0.954. The van der Waals surface area contributed by atoms with Crippen LogP contribution in [0.2, 0.25) is 0 Å². The zero-order valence-electron chi connectivity index (χ0n) is 11.4. The van der Waals surface area contributed by atoms with Gasteiger partial charge in [0.05, 0.1) is 13.0 Å². The Morgan fingerprint density at radius 1 is 1.38 bits per heavy atom. The van der Waals surface area contributed by atoms with Gasteiger partial charge in [0.15, 0.2) is 0 Å². The van der Waals surface area contributed by atoms with Gasteiger partial charge in [0, 0.05) is 34.3 Å². The highest BCUT2D eigenvalue weighted by molar-refractivity contribution is 9.10. The maximum atomic E-state index is 12.1. The van der Waals surface area contributed by atoms with E-state index >= 15 is 0 Å². The van der Waals surface area contributed by atoms with Crippen molar-refractivity contribution in [3.05, 3.63) is 28.7 Å². The Balaban J connectivity index is 1.90. The van der Waals surface area contributed by atoms with Crippen LogP contribution in [0, 0.1) is 0 Å². The van der Waals surface area contributed by atoms with Crippen LogP contribution in [0.4, 0.5) is 5.69 Å². The first-order valence-electron chi connectivity index (χ1n) is 6.63. The van der Waals surface area contributed by atoms with Gasteiger partial charge in [0.25, 0.3) is 0 Å². The average Bonchev–Trinajstić information content (AvgIpc) is 2.43. The normalized spacial score (nSPS) is 19.2. The summed E-state index contributed by atoms with van der Waals surface area (Å²) in [6.07, 6.45) is 0.0819. The number of benzene rings is 1. The van der Waals surface area contributed by atoms with E-state index in [1.807, 2.05) is 29.2 Å². The molecular weight excluding hydrogens is 356 g/mol. The van der Waals surface area contributed by atoms with Gasteiger partial charge in [-0.2, -0.15) is 11.8 Å². The topological polar surface area (TPSA) is 69.6 Å². The van der Waals surface area contributed by atoms with E-state index in [4.69, 9.17) is 5.11 Å². The van der Waals surface area contributed by atoms with E-state index in [-0.39, 0.29) is 24.9 Å². The van der Waals surface area contributed by atoms with E-state index in [0.717, 1.165) is 28.2 Å². The van der Waals surface area contributed by atoms with Crippen LogP contribution in [0.15, 0.2) is 28.7 Å². The summed E-state index contributed by atoms with van der Waals surface area (Å²) >= 11 is 5.08. The molecule has 0 saturated carbocycles. The first-order chi connectivity index (χ1) is 10.0. The number of amides is 1. The molecule has 0 spiro atoms. The van der Waals surface area contributed by atoms with E-state index in [1.54, 1.807) is 11.8 Å². The number of rotatable bonds is 5. The van der Waals surface area contributed by atoms with Crippen LogP contribution in [0.3, 0.4) is 0 Å². The van der Waals surface area contributed by atoms with Gasteiger partial charge in [-0.05, 0) is 24.3 Å². The van der Waals surface area contributed by atoms with E-state index < -0.39 is 5.97 Å². The Hall–Kier alpha value is -1.05. The van der Waals surface area contributed by atoms with E-state index in [2.05, 4.69) is 21.2 Å². The molecule has 0 bridgehead atoms. The lowest BCUT2D eigenvalue weighted by Gasteiger charge is -2.33. The van der Waals surface area contributed by atoms with Crippen LogP contribution in [0.25, 0.3) is 0 Å². The Morgan fingerprint density at radius 2 is 2.10 bits per heavy atom. The number of hydrogen-bond acceptors (Lipinski definition) is 4. The van der Waals surface area contributed by atoms with Crippen molar-refractivity contribution in [1.82, 2.24) is 4.90 Å². The van der Waals surface area contributed by atoms with Crippen LogP contribution in [-0.2, 0) is 9.59 Å². The second-order valence-electron chi connectivity index (χ2n) is 4.85. The fourth-order valence-electron chi connectivity index (χ4n) is 2.21. The predicted molar refractivity (Wildman–Crippen MR) is 87.7 cm³/mol. The molecule has 7 heteroatoms. The van der Waals surface area contributed by atoms with Crippen molar-refractivity contribution in [2.24, 2.45) is 0 Å². The molecule has 2 N–H and O–H groups in total. The second kappa shape index (κ2) is 7.82. The minimum atomic E-state index is -0.819. The first-order valence-corrected chi connectivity index (χ1v) is 8.58. The molecule has 5 nitrogen and oxygen atoms in total. The lowest BCUT2D eigenvalue weighted by Crippen LogP contribution is -2.47. The molecular formula is C14H17BrN2O3S. The number of halogens is 1. The molecule has 1 saturated heterocycles. The molecule has 1 aliphatic heterocycles. The molecule has 21 heavy (non-hydrogen) atoms. The molecule has 0 aliphatic carbocycles. The fourth-order valence-corrected chi connectivity index (χ4v) is 3.60. The van der Waals surface area contributed by atoms with Gasteiger partial charge < -0.3 is 10.4 Å². The molecule has 1 aliphatic rings. The highest BCUT2D eigenvalue weighted by Crippen LogP contribution is 2.19. The fraction of sp³-hybridized carbons (Fsp3) is 0.429. The monoisotopic (exact) mass is 372 g/mol. The lowest BCUT2D eigenvalue weighted by molar-refractivity contribution is -0.138. The molecule has 1 aromatic rings. The Morgan fingerprint density at radius 3 is 2.76 bits per heavy atom. The summed E-state index contributed by atoms with van der Waals surface area (Å²) in [5, 5.41) is 11.8. The third-order valence-electron chi connectivity index (χ3n) is 3.23. The summed E-state index contributed by atoms with van der Waals surface area (Å²) in [5.41, 5.74) is 0.740. The highest BCUT2D eigenvalue weighted by Gasteiger charge is 2.26. The van der Waals surface area contributed by atoms with Gasteiger partial charge in [0.1, 0.15) is 0 Å². The van der Waals surface area contributed by atoms with Crippen LogP contribution in [0.1, 0.15) is 6.42 Å². The van der Waals surface area contributed by atoms with Crippen LogP contribution < -0.4 is 5.32 Å². The standard InChI is InChI=1S/C14H17BrN2O3S/c15-10-1-3-11(4-2-10)16-13(18)8-17-5-6-21-9-12(17)7-14(19)20/h1-4,12H,5-9H2,(H,16,18)(H,19,20). The molecule has 1 heterocycles. The van der Waals surface area contributed by atoms with Gasteiger partial charge in [-0.25, -0.2) is 0 Å². The number of nitrogens with zero attached hydrogens (tertiary/aromatic N) is 1. The Bertz CT molecular complexity index is 509. The summed E-state index contributed by atoms with van der Waals surface area (Å²) in [6.45, 7) is 0.977. The van der Waals surface area contributed by atoms with E-state index in [9.17, 15) is 9.59 Å². The SMILES string of the molecule is O=C(O)CC1CSCCN1CC(=O)Nc1ccc(Br)cc1. The summed E-state index contributed by atoms with van der Waals surface area (Å²) in [4.78, 5) is 24.9. The van der Waals surface area contributed by atoms with Crippen LogP contribution in [-0.4, -0.2) is 52.5 Å². The Labute approximate surface area is 136 Å². The lowest BCUT2D eigenvalue weighted by atomic mass is 10.2. The third kappa shape index (κ3) is 5.33. The van der Waals surface area contributed by atoms with Gasteiger partial charge in [0.2, 0.25) is 5.91 Å². The molecule has 2 rings (SSSR count). The number of carbonyl (C=O) groups is 2. The van der Waals surface area contributed by atoms with Crippen molar-refractivity contribution < 1.29 is 14.7 Å². The quantitative estimate of drug-likeness (QED) is 0.829. The van der Waals surface area contributed by atoms with Gasteiger partial charge in [-0.1, -0.05) is 15.9 Å². The minimum absolute atomic E-state index is 0.0723. The molecule has 0 radical (unpaired) electrons. The number of hydrogen-bond donors (Lipinski definition) is 2. The summed E-state index contributed by atoms with van der Waals surface area (Å²) in [6, 6.07) is 7.30. The van der Waals surface area contributed by atoms with Gasteiger partial charge in [-0.15, -0.1) is 0 Å². The van der Waals surface area contributed by atoms with Crippen molar-refractivity contribution in [3.63, 3.8) is 0 Å². The third-order valence-corrected chi connectivity index (χ3v) is 4.85. The van der Waals surface area contributed by atoms with Crippen molar-refractivity contribution in [1.29, 1.82) is 0 Å². The summed E-state index contributed by atoms with van der Waals surface area (Å²) in [5.74, 6) is 0.764. The average molecular weight is 373 g/mol. The molecule has 1 fully saturated rings. The number of carboxylic acids is 1. The number of carboxylic acid groups (broad SMARTS) is 1. The maximum absolute atomic E-state index is 12.1. The van der Waals surface area contributed by atoms with Crippen molar-refractivity contribution in [3.8, 4) is 0 Å². The molecule has 1 atom stereocenters. The summed E-state index contributed by atoms with van der Waals surface area (Å²) in [7, 11) is 0. The minimum Gasteiger partial charge on any atom is -0.481 e. The molecule has 1 amide bonds. The Kier molecular flexibility index (Phi) is 6.08. The van der Waals surface area contributed by atoms with Crippen molar-refractivity contribution in [2.45, 2.75) is 12.5 Å². The zero-order valence-corrected chi connectivity index (χ0v) is 13.8. The number of carbonyl (C=O) groups excluding carboxylic acids is 1. The van der Waals surface area contributed by atoms with Crippen LogP contribution in [0.5, 0.6) is 0 Å². The zero-order chi connectivity index (χ0) is 15.2. The predicted octanol–water partition coefficient (Wildman–Crippen LogP) is 2.28. The highest BCUT2D eigenvalue weighted by atomic mass is 79.9. The molecule has 1 unspecified atom stereocenters. The molecule has 0 aromatic heterocycles. The van der Waals surface area contributed by atoms with Crippen molar-refractivity contribution in [2.75, 3.05) is 29.9 Å². The van der Waals surface area contributed by atoms with Crippen molar-refractivity contribution >= 4 is 45.3 Å². The molecule has 114 valence electrons. The van der Waals surface area contributed by atoms with E-state index in [1.165, 1.54) is 0 Å². The first kappa shape index (κ1) is 16.3. The molecule has 1 aromatic carbocycles. The second-order valence-corrected chi connectivity index (χ2v) is 6.92. The van der Waals surface area contributed by atoms with Gasteiger partial charge in [-0.3, -0.25) is 14.5 Å². The number of nitrogens with one attached hydrogen (secondary N) is 1. The van der Waals surface area contributed by atoms with Gasteiger partial charge >= 0.3 is 5.97 Å². The number of aliphatic carboxylic acids is 1. The number of anilines is 1.